The van der Waals surface area contributed by atoms with Crippen molar-refractivity contribution in [2.24, 2.45) is 33.9 Å². The van der Waals surface area contributed by atoms with E-state index in [2.05, 4.69) is 49.5 Å². The molecular weight excluding hydrogens is 372 g/mol. The molecule has 0 aliphatic heterocycles. The summed E-state index contributed by atoms with van der Waals surface area (Å²) in [6, 6.07) is 11.6. The Hall–Kier alpha value is -1.32. The molecule has 6 rings (SSSR count). The predicted octanol–water partition coefficient (Wildman–Crippen LogP) is 6.00. The maximum Gasteiger partial charge on any atom is 0.109 e. The van der Waals surface area contributed by atoms with Gasteiger partial charge in [0, 0.05) is 17.7 Å². The highest BCUT2D eigenvalue weighted by Gasteiger charge is 2.67. The van der Waals surface area contributed by atoms with Gasteiger partial charge in [-0.25, -0.2) is 0 Å². The van der Waals surface area contributed by atoms with E-state index in [0.717, 1.165) is 24.3 Å². The molecule has 5 fully saturated rings. The summed E-state index contributed by atoms with van der Waals surface area (Å²) in [5, 5.41) is 0. The van der Waals surface area contributed by atoms with Crippen molar-refractivity contribution in [1.82, 2.24) is 0 Å². The van der Waals surface area contributed by atoms with Crippen LogP contribution in [0.3, 0.4) is 0 Å². The molecule has 0 saturated heterocycles. The number of hydrogen-bond acceptors (Lipinski definition) is 2. The van der Waals surface area contributed by atoms with Crippen molar-refractivity contribution in [3.05, 3.63) is 47.5 Å². The summed E-state index contributed by atoms with van der Waals surface area (Å²) < 4.78 is 0. The third-order valence-corrected chi connectivity index (χ3v) is 9.02. The van der Waals surface area contributed by atoms with Crippen molar-refractivity contribution in [2.45, 2.75) is 76.2 Å². The molecule has 0 radical (unpaired) electrons. The van der Waals surface area contributed by atoms with Gasteiger partial charge in [0.25, 0.3) is 0 Å². The van der Waals surface area contributed by atoms with E-state index in [0.29, 0.717) is 29.2 Å². The number of rotatable bonds is 4. The SMILES string of the molecule is CC/C=C1/C2CC3(c4ccccc4)CC1C(C(=S)/N=C/C1CCC(N)CC1)(C2)C3. The Morgan fingerprint density at radius 2 is 1.90 bits per heavy atom. The minimum absolute atomic E-state index is 0.108. The summed E-state index contributed by atoms with van der Waals surface area (Å²) in [6.07, 6.45) is 15.4. The Morgan fingerprint density at radius 1 is 1.14 bits per heavy atom. The molecule has 1 aromatic rings. The first-order chi connectivity index (χ1) is 14.1. The lowest BCUT2D eigenvalue weighted by Gasteiger charge is -2.41. The molecule has 1 aromatic carbocycles. The number of benzene rings is 1. The van der Waals surface area contributed by atoms with Gasteiger partial charge < -0.3 is 5.73 Å². The molecule has 3 heteroatoms. The first kappa shape index (κ1) is 19.6. The van der Waals surface area contributed by atoms with Gasteiger partial charge in [0.2, 0.25) is 0 Å². The van der Waals surface area contributed by atoms with Crippen LogP contribution in [0.15, 0.2) is 47.0 Å². The molecule has 29 heavy (non-hydrogen) atoms. The molecule has 0 heterocycles. The smallest absolute Gasteiger partial charge is 0.109 e. The Morgan fingerprint density at radius 3 is 2.62 bits per heavy atom. The maximum absolute atomic E-state index is 6.09. The molecule has 4 unspecified atom stereocenters. The number of thiocarbonyl (C=S) groups is 1. The predicted molar refractivity (Wildman–Crippen MR) is 125 cm³/mol. The van der Waals surface area contributed by atoms with Crippen molar-refractivity contribution in [1.29, 1.82) is 0 Å². The zero-order valence-corrected chi connectivity index (χ0v) is 18.5. The van der Waals surface area contributed by atoms with Crippen molar-refractivity contribution in [3.63, 3.8) is 0 Å². The molecule has 0 spiro atoms. The van der Waals surface area contributed by atoms with Crippen LogP contribution >= 0.6 is 12.2 Å². The van der Waals surface area contributed by atoms with Crippen LogP contribution in [0.2, 0.25) is 0 Å². The van der Waals surface area contributed by atoms with Gasteiger partial charge >= 0.3 is 0 Å². The van der Waals surface area contributed by atoms with E-state index in [-0.39, 0.29) is 5.41 Å². The summed E-state index contributed by atoms with van der Waals surface area (Å²) >= 11 is 6.09. The molecule has 0 aromatic heterocycles. The van der Waals surface area contributed by atoms with E-state index in [1.165, 1.54) is 44.1 Å². The lowest BCUT2D eigenvalue weighted by atomic mass is 9.63. The van der Waals surface area contributed by atoms with E-state index in [9.17, 15) is 0 Å². The normalized spacial score (nSPS) is 42.2. The van der Waals surface area contributed by atoms with Gasteiger partial charge in [-0.05, 0) is 86.5 Å². The second kappa shape index (κ2) is 7.42. The monoisotopic (exact) mass is 406 g/mol. The van der Waals surface area contributed by atoms with Crippen LogP contribution in [0.1, 0.15) is 70.3 Å². The Balaban J connectivity index is 1.44. The maximum atomic E-state index is 6.09. The van der Waals surface area contributed by atoms with Crippen molar-refractivity contribution in [2.75, 3.05) is 0 Å². The Kier molecular flexibility index (Phi) is 5.03. The first-order valence-corrected chi connectivity index (χ1v) is 12.1. The minimum atomic E-state index is 0.108. The van der Waals surface area contributed by atoms with Crippen LogP contribution in [-0.2, 0) is 5.41 Å². The van der Waals surface area contributed by atoms with Crippen molar-refractivity contribution >= 4 is 23.4 Å². The van der Waals surface area contributed by atoms with Gasteiger partial charge in [-0.1, -0.05) is 61.1 Å². The Labute approximate surface area is 181 Å². The van der Waals surface area contributed by atoms with Crippen molar-refractivity contribution in [3.8, 4) is 0 Å². The zero-order valence-electron chi connectivity index (χ0n) is 17.6. The molecule has 2 nitrogen and oxygen atoms in total. The summed E-state index contributed by atoms with van der Waals surface area (Å²) in [6.45, 7) is 2.27. The van der Waals surface area contributed by atoms with Crippen LogP contribution in [0.4, 0.5) is 0 Å². The van der Waals surface area contributed by atoms with Gasteiger partial charge in [0.1, 0.15) is 4.99 Å². The van der Waals surface area contributed by atoms with Gasteiger partial charge in [-0.15, -0.1) is 0 Å². The van der Waals surface area contributed by atoms with Crippen LogP contribution in [0.25, 0.3) is 0 Å². The largest absolute Gasteiger partial charge is 0.328 e. The number of aliphatic imine (C=N–C) groups is 1. The highest BCUT2D eigenvalue weighted by Crippen LogP contribution is 2.73. The number of hydrogen-bond donors (Lipinski definition) is 1. The third-order valence-electron chi connectivity index (χ3n) is 8.51. The van der Waals surface area contributed by atoms with E-state index in [1.807, 2.05) is 0 Å². The van der Waals surface area contributed by atoms with Gasteiger partial charge in [-0.2, -0.15) is 0 Å². The minimum Gasteiger partial charge on any atom is -0.328 e. The fourth-order valence-corrected chi connectivity index (χ4v) is 7.64. The molecule has 5 saturated carbocycles. The van der Waals surface area contributed by atoms with Gasteiger partial charge in [0.05, 0.1) is 0 Å². The molecule has 4 bridgehead atoms. The van der Waals surface area contributed by atoms with Crippen LogP contribution in [0, 0.1) is 23.2 Å². The number of nitrogens with zero attached hydrogens (tertiary/aromatic N) is 1. The fourth-order valence-electron chi connectivity index (χ4n) is 7.28. The second-order valence-corrected chi connectivity index (χ2v) is 10.6. The van der Waals surface area contributed by atoms with Crippen LogP contribution in [-0.4, -0.2) is 17.2 Å². The van der Waals surface area contributed by atoms with Gasteiger partial charge in [-0.3, -0.25) is 4.99 Å². The standard InChI is InChI=1S/C26H34N2S/c1-2-6-22-19-13-25(20-7-4-3-5-8-20)15-23(22)26(14-19,17-25)24(29)28-16-18-9-11-21(27)12-10-18/h3-8,16,18-19,21,23H,2,9-15,17,27H2,1H3/b22-6-,28-16+. The number of nitrogens with two attached hydrogens (primary N) is 1. The lowest BCUT2D eigenvalue weighted by molar-refractivity contribution is 0.238. The van der Waals surface area contributed by atoms with Gasteiger partial charge in [0.15, 0.2) is 0 Å². The topological polar surface area (TPSA) is 38.4 Å². The molecule has 2 N–H and O–H groups in total. The second-order valence-electron chi connectivity index (χ2n) is 10.2. The van der Waals surface area contributed by atoms with E-state index in [1.54, 1.807) is 5.57 Å². The van der Waals surface area contributed by atoms with Crippen LogP contribution < -0.4 is 5.73 Å². The first-order valence-electron chi connectivity index (χ1n) is 11.7. The Bertz CT molecular complexity index is 836. The van der Waals surface area contributed by atoms with Crippen LogP contribution in [0.5, 0.6) is 0 Å². The zero-order chi connectivity index (χ0) is 20.1. The van der Waals surface area contributed by atoms with E-state index < -0.39 is 0 Å². The van der Waals surface area contributed by atoms with E-state index in [4.69, 9.17) is 22.9 Å². The average Bonchev–Trinajstić information content (AvgIpc) is 3.11. The highest BCUT2D eigenvalue weighted by atomic mass is 32.1. The van der Waals surface area contributed by atoms with E-state index >= 15 is 0 Å². The molecule has 154 valence electrons. The molecule has 4 atom stereocenters. The quantitative estimate of drug-likeness (QED) is 0.378. The number of allylic oxidation sites excluding steroid dienone is 2. The summed E-state index contributed by atoms with van der Waals surface area (Å²) in [5.41, 5.74) is 9.72. The highest BCUT2D eigenvalue weighted by molar-refractivity contribution is 7.80. The molecule has 5 aliphatic rings. The fraction of sp³-hybridized carbons (Fsp3) is 0.615. The molecular formula is C26H34N2S. The summed E-state index contributed by atoms with van der Waals surface area (Å²) in [7, 11) is 0. The summed E-state index contributed by atoms with van der Waals surface area (Å²) in [4.78, 5) is 6.00. The average molecular weight is 407 g/mol. The third kappa shape index (κ3) is 3.16. The lowest BCUT2D eigenvalue weighted by Crippen LogP contribution is -2.36. The van der Waals surface area contributed by atoms with Crippen molar-refractivity contribution < 1.29 is 0 Å². The molecule has 0 amide bonds. The molecule has 5 aliphatic carbocycles. The summed E-state index contributed by atoms with van der Waals surface area (Å²) in [5.74, 6) is 1.86.